The molecule has 1 N–H and O–H groups in total. The third-order valence-electron chi connectivity index (χ3n) is 4.51. The van der Waals surface area contributed by atoms with Gasteiger partial charge in [-0.1, -0.05) is 39.5 Å². The van der Waals surface area contributed by atoms with Gasteiger partial charge in [0, 0.05) is 18.5 Å². The largest absolute Gasteiger partial charge is 0.453 e. The van der Waals surface area contributed by atoms with E-state index in [2.05, 4.69) is 19.2 Å². The smallest absolute Gasteiger partial charge is 0.311 e. The van der Waals surface area contributed by atoms with E-state index in [9.17, 15) is 4.79 Å². The zero-order valence-electron chi connectivity index (χ0n) is 15.1. The first-order chi connectivity index (χ1) is 11.7. The topological polar surface area (TPSA) is 51.5 Å². The second-order valence-corrected chi connectivity index (χ2v) is 6.55. The van der Waals surface area contributed by atoms with Crippen molar-refractivity contribution in [1.82, 2.24) is 5.32 Å². The molecule has 2 aromatic rings. The predicted octanol–water partition coefficient (Wildman–Crippen LogP) is 5.28. The molecule has 4 heteroatoms. The number of nitrogens with one attached hydrogen (secondary N) is 1. The van der Waals surface area contributed by atoms with Crippen molar-refractivity contribution in [3.63, 3.8) is 0 Å². The van der Waals surface area contributed by atoms with E-state index in [1.54, 1.807) is 6.07 Å². The molecule has 2 aromatic heterocycles. The number of benzene rings is 1. The van der Waals surface area contributed by atoms with Crippen LogP contribution in [-0.4, -0.2) is 18.6 Å². The number of ether oxygens (including phenoxy) is 1. The molecule has 0 aliphatic carbocycles. The number of furan rings is 2. The first-order valence-electron chi connectivity index (χ1n) is 9.49. The van der Waals surface area contributed by atoms with Crippen LogP contribution in [-0.2, 0) is 4.79 Å². The van der Waals surface area contributed by atoms with Crippen LogP contribution >= 0.6 is 0 Å². The highest BCUT2D eigenvalue weighted by molar-refractivity contribution is 5.78. The fourth-order valence-electron chi connectivity index (χ4n) is 2.99. The van der Waals surface area contributed by atoms with Gasteiger partial charge in [-0.25, -0.2) is 0 Å². The van der Waals surface area contributed by atoms with E-state index in [4.69, 9.17) is 9.15 Å². The van der Waals surface area contributed by atoms with Crippen molar-refractivity contribution < 1.29 is 13.9 Å². The molecule has 0 saturated carbocycles. The summed E-state index contributed by atoms with van der Waals surface area (Å²) in [5, 5.41) is 3.47. The van der Waals surface area contributed by atoms with E-state index in [0.29, 0.717) is 17.8 Å². The van der Waals surface area contributed by atoms with E-state index in [1.165, 1.54) is 45.1 Å². The van der Waals surface area contributed by atoms with Crippen molar-refractivity contribution in [2.24, 2.45) is 0 Å². The molecular weight excluding hydrogens is 302 g/mol. The van der Waals surface area contributed by atoms with Crippen molar-refractivity contribution in [3.8, 4) is 5.75 Å². The van der Waals surface area contributed by atoms with Crippen molar-refractivity contribution >= 4 is 17.1 Å². The van der Waals surface area contributed by atoms with Gasteiger partial charge in [0.2, 0.25) is 0 Å². The Bertz CT molecular complexity index is 572. The Hall–Kier alpha value is -1.55. The molecule has 3 heterocycles. The zero-order chi connectivity index (χ0) is 17.2. The molecule has 3 rings (SSSR count). The number of unbranched alkanes of at least 4 members (excludes halogenated alkanes) is 3. The normalized spacial score (nSPS) is 17.5. The summed E-state index contributed by atoms with van der Waals surface area (Å²) in [7, 11) is 0. The molecule has 0 aromatic carbocycles. The van der Waals surface area contributed by atoms with Crippen LogP contribution in [0.4, 0.5) is 0 Å². The first kappa shape index (κ1) is 18.8. The minimum absolute atomic E-state index is 0.167. The summed E-state index contributed by atoms with van der Waals surface area (Å²) in [6, 6.07) is 6.26. The molecule has 1 fully saturated rings. The predicted molar refractivity (Wildman–Crippen MR) is 97.7 cm³/mol. The lowest BCUT2D eigenvalue weighted by molar-refractivity contribution is -0.134. The van der Waals surface area contributed by atoms with Gasteiger partial charge in [0.15, 0.2) is 11.3 Å². The highest BCUT2D eigenvalue weighted by Crippen LogP contribution is 2.29. The lowest BCUT2D eigenvalue weighted by Gasteiger charge is -2.21. The van der Waals surface area contributed by atoms with Gasteiger partial charge in [-0.05, 0) is 44.4 Å². The van der Waals surface area contributed by atoms with Gasteiger partial charge in [-0.3, -0.25) is 4.79 Å². The van der Waals surface area contributed by atoms with Crippen LogP contribution in [0.5, 0.6) is 5.75 Å². The van der Waals surface area contributed by atoms with Gasteiger partial charge in [-0.15, -0.1) is 0 Å². The zero-order valence-corrected chi connectivity index (χ0v) is 15.1. The Morgan fingerprint density at radius 2 is 2.12 bits per heavy atom. The number of hydrogen-bond acceptors (Lipinski definition) is 4. The lowest BCUT2D eigenvalue weighted by Crippen LogP contribution is -2.32. The number of hydrogen-bond donors (Lipinski definition) is 1. The lowest BCUT2D eigenvalue weighted by atomic mass is 10.0. The van der Waals surface area contributed by atoms with Gasteiger partial charge in [0.1, 0.15) is 5.58 Å². The van der Waals surface area contributed by atoms with E-state index < -0.39 is 0 Å². The Labute approximate surface area is 145 Å². The average Bonchev–Trinajstić information content (AvgIpc) is 3.23. The minimum Gasteiger partial charge on any atom is -0.453 e. The van der Waals surface area contributed by atoms with Gasteiger partial charge in [0.05, 0.1) is 0 Å². The SMILES string of the molecule is CCC1CCCCN1.CCCCCCC(=O)Oc1cc2ccc1o2. The van der Waals surface area contributed by atoms with E-state index >= 15 is 0 Å². The van der Waals surface area contributed by atoms with Gasteiger partial charge >= 0.3 is 5.97 Å². The van der Waals surface area contributed by atoms with Crippen LogP contribution in [0.2, 0.25) is 0 Å². The molecule has 1 saturated heterocycles. The Morgan fingerprint density at radius 1 is 1.25 bits per heavy atom. The molecule has 0 amide bonds. The fraction of sp³-hybridized carbons (Fsp3) is 0.650. The molecule has 1 aliphatic rings. The molecule has 0 spiro atoms. The van der Waals surface area contributed by atoms with Crippen LogP contribution in [0.15, 0.2) is 22.6 Å². The summed E-state index contributed by atoms with van der Waals surface area (Å²) in [4.78, 5) is 11.5. The maximum absolute atomic E-state index is 11.5. The fourth-order valence-corrected chi connectivity index (χ4v) is 2.99. The summed E-state index contributed by atoms with van der Waals surface area (Å²) in [5.74, 6) is 0.387. The number of carbonyl (C=O) groups is 1. The van der Waals surface area contributed by atoms with Crippen LogP contribution in [0.3, 0.4) is 0 Å². The summed E-state index contributed by atoms with van der Waals surface area (Å²) >= 11 is 0. The van der Waals surface area contributed by atoms with Crippen LogP contribution in [0, 0.1) is 0 Å². The van der Waals surface area contributed by atoms with Crippen molar-refractivity contribution in [2.75, 3.05) is 6.54 Å². The van der Waals surface area contributed by atoms with Gasteiger partial charge in [-0.2, -0.15) is 0 Å². The van der Waals surface area contributed by atoms with Crippen molar-refractivity contribution in [2.45, 2.75) is 77.7 Å². The second-order valence-electron chi connectivity index (χ2n) is 6.55. The molecule has 4 nitrogen and oxygen atoms in total. The van der Waals surface area contributed by atoms with E-state index in [-0.39, 0.29) is 5.97 Å². The maximum Gasteiger partial charge on any atom is 0.311 e. The van der Waals surface area contributed by atoms with Crippen molar-refractivity contribution in [3.05, 3.63) is 18.2 Å². The maximum atomic E-state index is 11.5. The van der Waals surface area contributed by atoms with E-state index in [0.717, 1.165) is 24.5 Å². The number of fused-ring (bicyclic) bond motifs is 2. The summed E-state index contributed by atoms with van der Waals surface area (Å²) in [5.41, 5.74) is 1.40. The summed E-state index contributed by atoms with van der Waals surface area (Å²) < 4.78 is 10.5. The second kappa shape index (κ2) is 10.3. The molecule has 24 heavy (non-hydrogen) atoms. The monoisotopic (exact) mass is 333 g/mol. The van der Waals surface area contributed by atoms with Crippen LogP contribution < -0.4 is 10.1 Å². The third-order valence-corrected chi connectivity index (χ3v) is 4.51. The highest BCUT2D eigenvalue weighted by Gasteiger charge is 2.12. The quantitative estimate of drug-likeness (QED) is 0.425. The molecule has 1 unspecified atom stereocenters. The molecule has 2 bridgehead atoms. The Morgan fingerprint density at radius 3 is 2.67 bits per heavy atom. The molecule has 1 aliphatic heterocycles. The van der Waals surface area contributed by atoms with E-state index in [1.807, 2.05) is 12.1 Å². The van der Waals surface area contributed by atoms with Gasteiger partial charge in [0.25, 0.3) is 0 Å². The molecule has 0 radical (unpaired) electrons. The van der Waals surface area contributed by atoms with Crippen molar-refractivity contribution in [1.29, 1.82) is 0 Å². The molecular formula is C20H31NO3. The molecule has 1 atom stereocenters. The Balaban J connectivity index is 0.000000219. The Kier molecular flexibility index (Phi) is 8.10. The number of rotatable bonds is 7. The van der Waals surface area contributed by atoms with Crippen LogP contribution in [0.25, 0.3) is 11.2 Å². The summed E-state index contributed by atoms with van der Waals surface area (Å²) in [6.45, 7) is 5.65. The highest BCUT2D eigenvalue weighted by atomic mass is 16.5. The minimum atomic E-state index is -0.167. The standard InChI is InChI=1S/C13H16O3.C7H15N/c1-2-3-4-5-6-13(14)16-12-9-10-7-8-11(12)15-10;1-2-7-5-3-4-6-8-7/h7-9H,2-6H2,1H3;7-8H,2-6H2,1H3. The van der Waals surface area contributed by atoms with Gasteiger partial charge < -0.3 is 14.5 Å². The number of esters is 1. The van der Waals surface area contributed by atoms with Crippen LogP contribution in [0.1, 0.15) is 71.6 Å². The summed E-state index contributed by atoms with van der Waals surface area (Å²) in [6.07, 6.45) is 10.4. The number of carbonyl (C=O) groups excluding carboxylic acids is 1. The first-order valence-corrected chi connectivity index (χ1v) is 9.49. The molecule has 134 valence electrons. The average molecular weight is 333 g/mol. The third kappa shape index (κ3) is 6.16. The number of piperidine rings is 1.